The van der Waals surface area contributed by atoms with E-state index in [1.165, 1.54) is 0 Å². The zero-order valence-corrected chi connectivity index (χ0v) is 25.8. The second-order valence-electron chi connectivity index (χ2n) is 10.8. The minimum Gasteiger partial charge on any atom is -0.245 e. The Kier molecular flexibility index (Phi) is 11.5. The Bertz CT molecular complexity index is 1060. The highest BCUT2D eigenvalue weighted by atomic mass is 35.5. The summed E-state index contributed by atoms with van der Waals surface area (Å²) in [6, 6.07) is 7.28. The number of aromatic nitrogens is 2. The second kappa shape index (κ2) is 13.3. The highest BCUT2D eigenvalue weighted by molar-refractivity contribution is 7.84. The van der Waals surface area contributed by atoms with Gasteiger partial charge in [0.1, 0.15) is 32.3 Å². The van der Waals surface area contributed by atoms with Gasteiger partial charge in [-0.2, -0.15) is 0 Å². The minimum absolute atomic E-state index is 0.119. The quantitative estimate of drug-likeness (QED) is 0.273. The van der Waals surface area contributed by atoms with Gasteiger partial charge in [0.05, 0.1) is 9.49 Å². The Morgan fingerprint density at radius 1 is 0.861 bits per heavy atom. The van der Waals surface area contributed by atoms with E-state index in [0.29, 0.717) is 23.4 Å². The van der Waals surface area contributed by atoms with Crippen LogP contribution in [0.3, 0.4) is 0 Å². The van der Waals surface area contributed by atoms with E-state index < -0.39 is 31.5 Å². The highest BCUT2D eigenvalue weighted by Gasteiger charge is 2.33. The van der Waals surface area contributed by atoms with Gasteiger partial charge in [0, 0.05) is 37.6 Å². The van der Waals surface area contributed by atoms with Crippen LogP contribution in [0.4, 0.5) is 0 Å². The van der Waals surface area contributed by atoms with Crippen molar-refractivity contribution in [2.24, 2.45) is 0 Å². The summed E-state index contributed by atoms with van der Waals surface area (Å²) >= 11 is 12.4. The van der Waals surface area contributed by atoms with Crippen molar-refractivity contribution < 1.29 is 8.42 Å². The Hall–Kier alpha value is -0.900. The predicted molar refractivity (Wildman–Crippen MR) is 154 cm³/mol. The fourth-order valence-electron chi connectivity index (χ4n) is 3.96. The molecule has 0 saturated heterocycles. The molecule has 0 radical (unpaired) electrons. The van der Waals surface area contributed by atoms with E-state index in [0.717, 1.165) is 24.0 Å². The molecule has 0 bridgehead atoms. The first-order valence-electron chi connectivity index (χ1n) is 12.3. The van der Waals surface area contributed by atoms with E-state index in [1.54, 1.807) is 12.4 Å². The first kappa shape index (κ1) is 31.3. The lowest BCUT2D eigenvalue weighted by Crippen LogP contribution is -2.41. The Morgan fingerprint density at radius 3 is 1.81 bits per heavy atom. The molecular formula is C26H40Cl2N4O2S2. The van der Waals surface area contributed by atoms with Crippen molar-refractivity contribution in [1.82, 2.24) is 18.6 Å². The second-order valence-corrected chi connectivity index (χ2v) is 15.9. The van der Waals surface area contributed by atoms with E-state index >= 15 is 0 Å². The zero-order valence-electron chi connectivity index (χ0n) is 22.6. The summed E-state index contributed by atoms with van der Waals surface area (Å²) in [6.45, 7) is 17.2. The van der Waals surface area contributed by atoms with Crippen LogP contribution >= 0.6 is 23.2 Å². The molecule has 2 rings (SSSR count). The SMILES string of the molecule is CCN([C@@H](CCCN([C@H](C)c1ccnc(Cl)c1)S(=O)C(C)(C)C)c1ccnc(Cl)c1)S(=O)C(C)(C)C. The first-order valence-corrected chi connectivity index (χ1v) is 15.2. The van der Waals surface area contributed by atoms with E-state index in [9.17, 15) is 8.42 Å². The van der Waals surface area contributed by atoms with E-state index in [4.69, 9.17) is 23.2 Å². The third-order valence-corrected chi connectivity index (χ3v) is 10.2. The lowest BCUT2D eigenvalue weighted by atomic mass is 10.0. The van der Waals surface area contributed by atoms with Crippen LogP contribution in [0, 0.1) is 0 Å². The van der Waals surface area contributed by atoms with Crippen LogP contribution in [-0.2, 0) is 22.0 Å². The van der Waals surface area contributed by atoms with Crippen molar-refractivity contribution in [1.29, 1.82) is 0 Å². The van der Waals surface area contributed by atoms with Crippen molar-refractivity contribution in [3.05, 3.63) is 58.1 Å². The third kappa shape index (κ3) is 8.57. The molecule has 0 aromatic carbocycles. The zero-order chi connectivity index (χ0) is 27.3. The van der Waals surface area contributed by atoms with Crippen molar-refractivity contribution >= 4 is 45.2 Å². The van der Waals surface area contributed by atoms with Crippen molar-refractivity contribution in [2.45, 2.75) is 89.8 Å². The molecule has 0 amide bonds. The molecule has 6 nitrogen and oxygen atoms in total. The first-order chi connectivity index (χ1) is 16.7. The maximum Gasteiger partial charge on any atom is 0.129 e. The van der Waals surface area contributed by atoms with Crippen LogP contribution in [0.2, 0.25) is 10.3 Å². The molecule has 0 fully saturated rings. The Labute approximate surface area is 232 Å². The van der Waals surface area contributed by atoms with Gasteiger partial charge in [-0.05, 0) is 96.7 Å². The molecule has 0 N–H and O–H groups in total. The third-order valence-electron chi connectivity index (χ3n) is 5.79. The van der Waals surface area contributed by atoms with Gasteiger partial charge in [-0.1, -0.05) is 30.1 Å². The fraction of sp³-hybridized carbons (Fsp3) is 0.615. The number of hydrogen-bond acceptors (Lipinski definition) is 4. The molecular weight excluding hydrogens is 535 g/mol. The van der Waals surface area contributed by atoms with Crippen LogP contribution in [0.5, 0.6) is 0 Å². The molecule has 2 heterocycles. The van der Waals surface area contributed by atoms with Gasteiger partial charge >= 0.3 is 0 Å². The molecule has 0 aliphatic heterocycles. The van der Waals surface area contributed by atoms with Gasteiger partial charge in [0.15, 0.2) is 0 Å². The number of hydrogen-bond donors (Lipinski definition) is 0. The monoisotopic (exact) mass is 574 g/mol. The molecule has 0 saturated carbocycles. The summed E-state index contributed by atoms with van der Waals surface area (Å²) in [7, 11) is -2.46. The van der Waals surface area contributed by atoms with Crippen molar-refractivity contribution in [2.75, 3.05) is 13.1 Å². The van der Waals surface area contributed by atoms with Gasteiger partial charge in [0.25, 0.3) is 0 Å². The van der Waals surface area contributed by atoms with Gasteiger partial charge in [-0.25, -0.2) is 27.0 Å². The van der Waals surface area contributed by atoms with Gasteiger partial charge < -0.3 is 0 Å². The summed E-state index contributed by atoms with van der Waals surface area (Å²) in [6.07, 6.45) is 4.83. The lowest BCUT2D eigenvalue weighted by molar-refractivity contribution is 0.297. The standard InChI is InChI=1S/C26H40Cl2N4O2S2/c1-9-31(35(33)25(3,4)5)22(21-13-15-30-24(28)18-21)11-10-16-32(36(34)26(6,7)8)19(2)20-12-14-29-23(27)17-20/h12-15,17-19,22H,9-11,16H2,1-8H3/t19-,22+,35?,36?/m1/s1. The molecule has 202 valence electrons. The summed E-state index contributed by atoms with van der Waals surface area (Å²) in [5.41, 5.74) is 1.95. The van der Waals surface area contributed by atoms with Gasteiger partial charge in [-0.15, -0.1) is 0 Å². The van der Waals surface area contributed by atoms with E-state index in [-0.39, 0.29) is 12.1 Å². The van der Waals surface area contributed by atoms with Gasteiger partial charge in [0.2, 0.25) is 0 Å². The largest absolute Gasteiger partial charge is 0.245 e. The van der Waals surface area contributed by atoms with Crippen LogP contribution in [0.1, 0.15) is 91.4 Å². The average Bonchev–Trinajstić information content (AvgIpc) is 2.79. The lowest BCUT2D eigenvalue weighted by Gasteiger charge is -2.36. The molecule has 10 heteroatoms. The molecule has 36 heavy (non-hydrogen) atoms. The topological polar surface area (TPSA) is 66.4 Å². The molecule has 0 spiro atoms. The minimum atomic E-state index is -1.25. The summed E-state index contributed by atoms with van der Waals surface area (Å²) in [5, 5.41) is 0.826. The highest BCUT2D eigenvalue weighted by Crippen LogP contribution is 2.33. The maximum atomic E-state index is 13.6. The number of pyridine rings is 2. The summed E-state index contributed by atoms with van der Waals surface area (Å²) in [4.78, 5) is 8.22. The summed E-state index contributed by atoms with van der Waals surface area (Å²) < 4.78 is 30.3. The van der Waals surface area contributed by atoms with Gasteiger partial charge in [-0.3, -0.25) is 0 Å². The average molecular weight is 576 g/mol. The molecule has 2 aromatic heterocycles. The van der Waals surface area contributed by atoms with Crippen LogP contribution in [0.25, 0.3) is 0 Å². The molecule has 0 aliphatic rings. The predicted octanol–water partition coefficient (Wildman–Crippen LogP) is 6.91. The Balaban J connectivity index is 2.35. The molecule has 0 aliphatic carbocycles. The van der Waals surface area contributed by atoms with E-state index in [1.807, 2.05) is 88.3 Å². The normalized spacial score (nSPS) is 16.2. The molecule has 4 atom stereocenters. The van der Waals surface area contributed by atoms with E-state index in [2.05, 4.69) is 9.97 Å². The maximum absolute atomic E-state index is 13.6. The molecule has 2 aromatic rings. The molecule has 2 unspecified atom stereocenters. The van der Waals surface area contributed by atoms with Crippen molar-refractivity contribution in [3.63, 3.8) is 0 Å². The number of rotatable bonds is 11. The smallest absolute Gasteiger partial charge is 0.129 e. The number of halogens is 2. The van der Waals surface area contributed by atoms with Crippen molar-refractivity contribution in [3.8, 4) is 0 Å². The van der Waals surface area contributed by atoms with Crippen LogP contribution in [0.15, 0.2) is 36.7 Å². The van der Waals surface area contributed by atoms with Crippen LogP contribution < -0.4 is 0 Å². The van der Waals surface area contributed by atoms with Crippen LogP contribution in [-0.4, -0.2) is 49.6 Å². The Morgan fingerprint density at radius 2 is 1.33 bits per heavy atom. The number of nitrogens with zero attached hydrogens (tertiary/aromatic N) is 4. The fourth-order valence-corrected chi connectivity index (χ4v) is 7.13. The summed E-state index contributed by atoms with van der Waals surface area (Å²) in [5.74, 6) is 0.